The molecule has 0 radical (unpaired) electrons. The summed E-state index contributed by atoms with van der Waals surface area (Å²) < 4.78 is 0.144. The first kappa shape index (κ1) is 18.0. The van der Waals surface area contributed by atoms with Crippen molar-refractivity contribution in [2.24, 2.45) is 5.73 Å². The molecular weight excluding hydrogens is 300 g/mol. The van der Waals surface area contributed by atoms with E-state index in [-0.39, 0.29) is 10.7 Å². The second-order valence-corrected chi connectivity index (χ2v) is 6.82. The molecule has 0 spiro atoms. The fraction of sp³-hybridized carbons (Fsp3) is 0.500. The van der Waals surface area contributed by atoms with Crippen LogP contribution in [0.5, 0.6) is 0 Å². The van der Waals surface area contributed by atoms with Gasteiger partial charge in [0.25, 0.3) is 0 Å². The highest BCUT2D eigenvalue weighted by atomic mass is 32.2. The molecule has 0 heterocycles. The molecule has 0 unspecified atom stereocenters. The van der Waals surface area contributed by atoms with E-state index in [0.29, 0.717) is 18.0 Å². The Kier molecular flexibility index (Phi) is 7.18. The molecule has 3 nitrogen and oxygen atoms in total. The Hall–Kier alpha value is -1.07. The molecule has 0 bridgehead atoms. The van der Waals surface area contributed by atoms with Crippen molar-refractivity contribution >= 4 is 34.9 Å². The van der Waals surface area contributed by atoms with E-state index in [0.717, 1.165) is 24.0 Å². The number of hydrogen-bond donors (Lipinski definition) is 2. The van der Waals surface area contributed by atoms with Crippen LogP contribution in [-0.2, 0) is 11.2 Å². The number of carbonyl (C=O) groups is 1. The minimum atomic E-state index is 0.0541. The van der Waals surface area contributed by atoms with Crippen LogP contribution in [0.4, 0.5) is 0 Å². The number of amides is 1. The van der Waals surface area contributed by atoms with E-state index in [1.54, 1.807) is 0 Å². The molecule has 1 aromatic rings. The van der Waals surface area contributed by atoms with Crippen LogP contribution in [0, 0.1) is 0 Å². The predicted octanol–water partition coefficient (Wildman–Crippen LogP) is 2.90. The summed E-state index contributed by atoms with van der Waals surface area (Å²) in [4.78, 5) is 12.4. The zero-order chi connectivity index (χ0) is 15.9. The highest BCUT2D eigenvalue weighted by Gasteiger charge is 2.25. The van der Waals surface area contributed by atoms with Crippen LogP contribution < -0.4 is 11.1 Å². The normalized spacial score (nSPS) is 11.2. The summed E-state index contributed by atoms with van der Waals surface area (Å²) in [5.74, 6) is 0.0541. The number of nitrogens with one attached hydrogen (secondary N) is 1. The third kappa shape index (κ3) is 5.32. The monoisotopic (exact) mass is 324 g/mol. The molecular formula is C16H24N2OS2. The van der Waals surface area contributed by atoms with E-state index >= 15 is 0 Å². The molecule has 0 fully saturated rings. The van der Waals surface area contributed by atoms with E-state index < -0.39 is 0 Å². The maximum Gasteiger partial charge on any atom is 0.224 e. The molecule has 3 N–H and O–H groups in total. The smallest absolute Gasteiger partial charge is 0.224 e. The van der Waals surface area contributed by atoms with Gasteiger partial charge >= 0.3 is 0 Å². The number of rotatable bonds is 8. The second-order valence-electron chi connectivity index (χ2n) is 5.11. The minimum Gasteiger partial charge on any atom is -0.389 e. The van der Waals surface area contributed by atoms with Gasteiger partial charge in [0.05, 0.1) is 6.42 Å². The number of thiocarbonyl (C=S) groups is 1. The fourth-order valence-corrected chi connectivity index (χ4v) is 3.09. The van der Waals surface area contributed by atoms with Crippen LogP contribution in [0.15, 0.2) is 24.3 Å². The quantitative estimate of drug-likeness (QED) is 0.722. The van der Waals surface area contributed by atoms with Gasteiger partial charge in [0.2, 0.25) is 5.91 Å². The zero-order valence-electron chi connectivity index (χ0n) is 12.9. The molecule has 5 heteroatoms. The number of hydrogen-bond acceptors (Lipinski definition) is 3. The van der Waals surface area contributed by atoms with Crippen LogP contribution >= 0.6 is 24.0 Å². The molecule has 0 saturated heterocycles. The van der Waals surface area contributed by atoms with E-state index in [1.807, 2.05) is 36.0 Å². The standard InChI is InChI=1S/C16H24N2OS2/c1-4-16(5-2,21-3)11-18-14(19)10-12-6-8-13(9-7-12)15(17)20/h6-9H,4-5,10-11H2,1-3H3,(H2,17,20)(H,18,19). The predicted molar refractivity (Wildman–Crippen MR) is 95.9 cm³/mol. The summed E-state index contributed by atoms with van der Waals surface area (Å²) >= 11 is 6.74. The highest BCUT2D eigenvalue weighted by molar-refractivity contribution is 8.00. The largest absolute Gasteiger partial charge is 0.389 e. The summed E-state index contributed by atoms with van der Waals surface area (Å²) in [5.41, 5.74) is 7.35. The lowest BCUT2D eigenvalue weighted by Gasteiger charge is -2.29. The average molecular weight is 325 g/mol. The second kappa shape index (κ2) is 8.39. The fourth-order valence-electron chi connectivity index (χ4n) is 2.16. The summed E-state index contributed by atoms with van der Waals surface area (Å²) in [7, 11) is 0. The molecule has 116 valence electrons. The highest BCUT2D eigenvalue weighted by Crippen LogP contribution is 2.29. The van der Waals surface area contributed by atoms with E-state index in [1.165, 1.54) is 0 Å². The van der Waals surface area contributed by atoms with Crippen LogP contribution in [0.2, 0.25) is 0 Å². The lowest BCUT2D eigenvalue weighted by molar-refractivity contribution is -0.120. The van der Waals surface area contributed by atoms with Crippen molar-refractivity contribution in [2.45, 2.75) is 37.9 Å². The molecule has 0 saturated carbocycles. The van der Waals surface area contributed by atoms with Crippen LogP contribution in [0.25, 0.3) is 0 Å². The van der Waals surface area contributed by atoms with Crippen molar-refractivity contribution < 1.29 is 4.79 Å². The molecule has 1 aromatic carbocycles. The minimum absolute atomic E-state index is 0.0541. The van der Waals surface area contributed by atoms with Gasteiger partial charge in [-0.2, -0.15) is 11.8 Å². The third-order valence-electron chi connectivity index (χ3n) is 3.93. The molecule has 0 aliphatic heterocycles. The Morgan fingerprint density at radius 1 is 1.29 bits per heavy atom. The molecule has 1 rings (SSSR count). The van der Waals surface area contributed by atoms with Crippen molar-refractivity contribution in [3.8, 4) is 0 Å². The first-order valence-electron chi connectivity index (χ1n) is 7.17. The zero-order valence-corrected chi connectivity index (χ0v) is 14.6. The van der Waals surface area contributed by atoms with Crippen molar-refractivity contribution in [3.05, 3.63) is 35.4 Å². The summed E-state index contributed by atoms with van der Waals surface area (Å²) in [6, 6.07) is 7.51. The first-order chi connectivity index (χ1) is 9.96. The molecule has 21 heavy (non-hydrogen) atoms. The summed E-state index contributed by atoms with van der Waals surface area (Å²) in [6.45, 7) is 5.05. The lowest BCUT2D eigenvalue weighted by Crippen LogP contribution is -2.40. The first-order valence-corrected chi connectivity index (χ1v) is 8.80. The SMILES string of the molecule is CCC(CC)(CNC(=O)Cc1ccc(C(N)=S)cc1)SC. The van der Waals surface area contributed by atoms with E-state index in [4.69, 9.17) is 18.0 Å². The van der Waals surface area contributed by atoms with Gasteiger partial charge in [0, 0.05) is 16.9 Å². The van der Waals surface area contributed by atoms with Crippen LogP contribution in [-0.4, -0.2) is 28.4 Å². The maximum absolute atomic E-state index is 12.1. The molecule has 0 atom stereocenters. The lowest BCUT2D eigenvalue weighted by atomic mass is 10.0. The Morgan fingerprint density at radius 2 is 1.86 bits per heavy atom. The van der Waals surface area contributed by atoms with E-state index in [9.17, 15) is 4.79 Å². The van der Waals surface area contributed by atoms with Crippen molar-refractivity contribution in [2.75, 3.05) is 12.8 Å². The number of nitrogens with two attached hydrogens (primary N) is 1. The number of thioether (sulfide) groups is 1. The number of carbonyl (C=O) groups excluding carboxylic acids is 1. The third-order valence-corrected chi connectivity index (χ3v) is 5.76. The summed E-state index contributed by atoms with van der Waals surface area (Å²) in [5, 5.41) is 3.05. The van der Waals surface area contributed by atoms with Crippen LogP contribution in [0.1, 0.15) is 37.8 Å². The van der Waals surface area contributed by atoms with Crippen molar-refractivity contribution in [1.29, 1.82) is 0 Å². The van der Waals surface area contributed by atoms with Gasteiger partial charge in [-0.1, -0.05) is 50.3 Å². The molecule has 0 aliphatic carbocycles. The Morgan fingerprint density at radius 3 is 2.29 bits per heavy atom. The Labute approximate surface area is 137 Å². The average Bonchev–Trinajstić information content (AvgIpc) is 2.50. The molecule has 1 amide bonds. The number of benzene rings is 1. The Bertz CT molecular complexity index is 473. The van der Waals surface area contributed by atoms with Gasteiger partial charge in [0.1, 0.15) is 4.99 Å². The topological polar surface area (TPSA) is 55.1 Å². The van der Waals surface area contributed by atoms with Crippen LogP contribution in [0.3, 0.4) is 0 Å². The van der Waals surface area contributed by atoms with Gasteiger partial charge in [-0.3, -0.25) is 4.79 Å². The van der Waals surface area contributed by atoms with Crippen molar-refractivity contribution in [1.82, 2.24) is 5.32 Å². The van der Waals surface area contributed by atoms with Gasteiger partial charge in [-0.25, -0.2) is 0 Å². The molecule has 0 aliphatic rings. The Balaban J connectivity index is 2.55. The van der Waals surface area contributed by atoms with Crippen molar-refractivity contribution in [3.63, 3.8) is 0 Å². The maximum atomic E-state index is 12.1. The van der Waals surface area contributed by atoms with Gasteiger partial charge < -0.3 is 11.1 Å². The van der Waals surface area contributed by atoms with E-state index in [2.05, 4.69) is 25.4 Å². The van der Waals surface area contributed by atoms with Gasteiger partial charge in [0.15, 0.2) is 0 Å². The van der Waals surface area contributed by atoms with Gasteiger partial charge in [-0.05, 0) is 24.7 Å². The molecule has 0 aromatic heterocycles. The van der Waals surface area contributed by atoms with Gasteiger partial charge in [-0.15, -0.1) is 0 Å². The summed E-state index contributed by atoms with van der Waals surface area (Å²) in [6.07, 6.45) is 4.59.